The van der Waals surface area contributed by atoms with Gasteiger partial charge in [-0.3, -0.25) is 4.68 Å². The average Bonchev–Trinajstić information content (AvgIpc) is 2.78. The number of aryl methyl sites for hydroxylation is 2. The molecule has 0 amide bonds. The Labute approximate surface area is 102 Å². The molecule has 3 nitrogen and oxygen atoms in total. The quantitative estimate of drug-likeness (QED) is 0.876. The molecule has 1 unspecified atom stereocenters. The summed E-state index contributed by atoms with van der Waals surface area (Å²) in [6, 6.07) is 10.2. The highest BCUT2D eigenvalue weighted by atomic mass is 15.3. The van der Waals surface area contributed by atoms with Gasteiger partial charge < -0.3 is 5.73 Å². The van der Waals surface area contributed by atoms with Crippen LogP contribution >= 0.6 is 0 Å². The van der Waals surface area contributed by atoms with Crippen LogP contribution in [0.15, 0.2) is 36.5 Å². The molecule has 0 radical (unpaired) electrons. The Morgan fingerprint density at radius 1 is 1.29 bits per heavy atom. The van der Waals surface area contributed by atoms with Crippen molar-refractivity contribution in [3.8, 4) is 0 Å². The summed E-state index contributed by atoms with van der Waals surface area (Å²) < 4.78 is 2.00. The zero-order valence-corrected chi connectivity index (χ0v) is 10.4. The lowest BCUT2D eigenvalue weighted by molar-refractivity contribution is 0.559. The van der Waals surface area contributed by atoms with Crippen LogP contribution in [0.1, 0.15) is 36.2 Å². The van der Waals surface area contributed by atoms with Crippen molar-refractivity contribution in [3.05, 3.63) is 53.3 Å². The summed E-state index contributed by atoms with van der Waals surface area (Å²) in [5, 5.41) is 4.32. The van der Waals surface area contributed by atoms with Gasteiger partial charge in [0.05, 0.1) is 11.7 Å². The molecule has 0 aliphatic heterocycles. The van der Waals surface area contributed by atoms with E-state index in [-0.39, 0.29) is 6.04 Å². The van der Waals surface area contributed by atoms with Gasteiger partial charge in [-0.15, -0.1) is 0 Å². The van der Waals surface area contributed by atoms with Crippen molar-refractivity contribution >= 4 is 0 Å². The molecule has 0 aliphatic rings. The van der Waals surface area contributed by atoms with Gasteiger partial charge in [0, 0.05) is 12.7 Å². The molecule has 1 aromatic carbocycles. The SMILES string of the molecule is CCCn1nccc1C(N)c1ccccc1C. The second-order valence-electron chi connectivity index (χ2n) is 4.31. The number of nitrogens with two attached hydrogens (primary N) is 1. The number of aromatic nitrogens is 2. The summed E-state index contributed by atoms with van der Waals surface area (Å²) in [5.41, 5.74) is 9.81. The highest BCUT2D eigenvalue weighted by molar-refractivity contribution is 5.33. The van der Waals surface area contributed by atoms with E-state index in [9.17, 15) is 0 Å². The van der Waals surface area contributed by atoms with Crippen LogP contribution in [-0.4, -0.2) is 9.78 Å². The van der Waals surface area contributed by atoms with Gasteiger partial charge in [0.1, 0.15) is 0 Å². The lowest BCUT2D eigenvalue weighted by Gasteiger charge is -2.16. The van der Waals surface area contributed by atoms with E-state index in [2.05, 4.69) is 31.1 Å². The van der Waals surface area contributed by atoms with E-state index >= 15 is 0 Å². The third-order valence-corrected chi connectivity index (χ3v) is 3.03. The zero-order valence-electron chi connectivity index (χ0n) is 10.4. The molecule has 1 heterocycles. The fourth-order valence-electron chi connectivity index (χ4n) is 2.10. The maximum Gasteiger partial charge on any atom is 0.0725 e. The van der Waals surface area contributed by atoms with Crippen LogP contribution in [0.5, 0.6) is 0 Å². The summed E-state index contributed by atoms with van der Waals surface area (Å²) in [6.07, 6.45) is 2.89. The predicted octanol–water partition coefficient (Wildman–Crippen LogP) is 2.65. The first kappa shape index (κ1) is 11.9. The molecule has 1 atom stereocenters. The van der Waals surface area contributed by atoms with Crippen LogP contribution in [0.2, 0.25) is 0 Å². The van der Waals surface area contributed by atoms with Crippen molar-refractivity contribution < 1.29 is 0 Å². The fourth-order valence-corrected chi connectivity index (χ4v) is 2.10. The highest BCUT2D eigenvalue weighted by Crippen LogP contribution is 2.22. The van der Waals surface area contributed by atoms with E-state index in [1.807, 2.05) is 29.1 Å². The van der Waals surface area contributed by atoms with Gasteiger partial charge in [-0.25, -0.2) is 0 Å². The number of hydrogen-bond acceptors (Lipinski definition) is 2. The average molecular weight is 229 g/mol. The molecule has 2 aromatic rings. The molecular formula is C14H19N3. The van der Waals surface area contributed by atoms with E-state index in [0.717, 1.165) is 18.7 Å². The zero-order chi connectivity index (χ0) is 12.3. The molecule has 3 heteroatoms. The molecule has 0 aliphatic carbocycles. The monoisotopic (exact) mass is 229 g/mol. The number of benzene rings is 1. The van der Waals surface area contributed by atoms with Gasteiger partial charge in [-0.2, -0.15) is 5.10 Å². The lowest BCUT2D eigenvalue weighted by atomic mass is 9.99. The summed E-state index contributed by atoms with van der Waals surface area (Å²) in [4.78, 5) is 0. The predicted molar refractivity (Wildman–Crippen MR) is 69.7 cm³/mol. The minimum atomic E-state index is -0.0924. The van der Waals surface area contributed by atoms with Crippen LogP contribution < -0.4 is 5.73 Å². The van der Waals surface area contributed by atoms with E-state index in [4.69, 9.17) is 5.73 Å². The first-order chi connectivity index (χ1) is 8.24. The maximum atomic E-state index is 6.33. The number of hydrogen-bond donors (Lipinski definition) is 1. The molecule has 0 saturated carbocycles. The van der Waals surface area contributed by atoms with Crippen molar-refractivity contribution in [2.45, 2.75) is 32.9 Å². The van der Waals surface area contributed by atoms with Crippen LogP contribution in [0.25, 0.3) is 0 Å². The van der Waals surface area contributed by atoms with Gasteiger partial charge in [-0.1, -0.05) is 31.2 Å². The van der Waals surface area contributed by atoms with Crippen molar-refractivity contribution in [3.63, 3.8) is 0 Å². The molecule has 0 fully saturated rings. The molecule has 0 spiro atoms. The van der Waals surface area contributed by atoms with Gasteiger partial charge >= 0.3 is 0 Å². The van der Waals surface area contributed by atoms with Crippen LogP contribution in [-0.2, 0) is 6.54 Å². The topological polar surface area (TPSA) is 43.8 Å². The Balaban J connectivity index is 2.34. The largest absolute Gasteiger partial charge is 0.319 e. The molecule has 1 aromatic heterocycles. The molecule has 17 heavy (non-hydrogen) atoms. The second-order valence-corrected chi connectivity index (χ2v) is 4.31. The lowest BCUT2D eigenvalue weighted by Crippen LogP contribution is -2.18. The summed E-state index contributed by atoms with van der Waals surface area (Å²) in [7, 11) is 0. The van der Waals surface area contributed by atoms with Crippen molar-refractivity contribution in [1.29, 1.82) is 0 Å². The minimum absolute atomic E-state index is 0.0924. The second kappa shape index (κ2) is 5.15. The molecule has 2 N–H and O–H groups in total. The van der Waals surface area contributed by atoms with E-state index in [0.29, 0.717) is 0 Å². The molecular weight excluding hydrogens is 210 g/mol. The summed E-state index contributed by atoms with van der Waals surface area (Å²) in [5.74, 6) is 0. The smallest absolute Gasteiger partial charge is 0.0725 e. The standard InChI is InChI=1S/C14H19N3/c1-3-10-17-13(8-9-16-17)14(15)12-7-5-4-6-11(12)2/h4-9,14H,3,10,15H2,1-2H3. The van der Waals surface area contributed by atoms with Crippen LogP contribution in [0.4, 0.5) is 0 Å². The van der Waals surface area contributed by atoms with E-state index in [1.54, 1.807) is 0 Å². The van der Waals surface area contributed by atoms with E-state index < -0.39 is 0 Å². The third-order valence-electron chi connectivity index (χ3n) is 3.03. The Bertz CT molecular complexity index is 488. The Morgan fingerprint density at radius 3 is 2.76 bits per heavy atom. The van der Waals surface area contributed by atoms with Crippen molar-refractivity contribution in [1.82, 2.24) is 9.78 Å². The Kier molecular flexibility index (Phi) is 3.59. The molecule has 90 valence electrons. The van der Waals surface area contributed by atoms with Crippen LogP contribution in [0, 0.1) is 6.92 Å². The third kappa shape index (κ3) is 2.39. The minimum Gasteiger partial charge on any atom is -0.319 e. The van der Waals surface area contributed by atoms with Crippen molar-refractivity contribution in [2.75, 3.05) is 0 Å². The summed E-state index contributed by atoms with van der Waals surface area (Å²) in [6.45, 7) is 5.16. The number of rotatable bonds is 4. The maximum absolute atomic E-state index is 6.33. The first-order valence-electron chi connectivity index (χ1n) is 6.07. The van der Waals surface area contributed by atoms with Gasteiger partial charge in [0.15, 0.2) is 0 Å². The molecule has 0 saturated heterocycles. The Morgan fingerprint density at radius 2 is 2.06 bits per heavy atom. The fraction of sp³-hybridized carbons (Fsp3) is 0.357. The Hall–Kier alpha value is -1.61. The van der Waals surface area contributed by atoms with Gasteiger partial charge in [0.2, 0.25) is 0 Å². The number of nitrogens with zero attached hydrogens (tertiary/aromatic N) is 2. The highest BCUT2D eigenvalue weighted by Gasteiger charge is 2.14. The molecule has 0 bridgehead atoms. The van der Waals surface area contributed by atoms with Crippen molar-refractivity contribution in [2.24, 2.45) is 5.73 Å². The van der Waals surface area contributed by atoms with E-state index in [1.165, 1.54) is 11.1 Å². The molecule has 2 rings (SSSR count). The first-order valence-corrected chi connectivity index (χ1v) is 6.07. The van der Waals surface area contributed by atoms with Crippen LogP contribution in [0.3, 0.4) is 0 Å². The summed E-state index contributed by atoms with van der Waals surface area (Å²) >= 11 is 0. The van der Waals surface area contributed by atoms with Gasteiger partial charge in [-0.05, 0) is 30.5 Å². The normalized spacial score (nSPS) is 12.6. The van der Waals surface area contributed by atoms with Gasteiger partial charge in [0.25, 0.3) is 0 Å².